The monoisotopic (exact) mass is 144 g/mol. The summed E-state index contributed by atoms with van der Waals surface area (Å²) in [4.78, 5) is 10.8. The van der Waals surface area contributed by atoms with Crippen LogP contribution in [0, 0.1) is 0 Å². The lowest BCUT2D eigenvalue weighted by atomic mass is 10.1. The first-order valence-electron chi connectivity index (χ1n) is 3.41. The number of esters is 1. The maximum atomic E-state index is 10.8. The fourth-order valence-electron chi connectivity index (χ4n) is 0.981. The predicted octanol–water partition coefficient (Wildman–Crippen LogP) is -0.584. The van der Waals surface area contributed by atoms with Crippen molar-refractivity contribution in [3.63, 3.8) is 0 Å². The van der Waals surface area contributed by atoms with Crippen LogP contribution in [0.1, 0.15) is 12.8 Å². The molecule has 10 heavy (non-hydrogen) atoms. The van der Waals surface area contributed by atoms with E-state index in [1.807, 2.05) is 0 Å². The number of hydrazine groups is 1. The van der Waals surface area contributed by atoms with Gasteiger partial charge in [-0.1, -0.05) is 0 Å². The van der Waals surface area contributed by atoms with Crippen LogP contribution in [-0.4, -0.2) is 25.7 Å². The highest BCUT2D eigenvalue weighted by atomic mass is 16.5. The highest BCUT2D eigenvalue weighted by Gasteiger charge is 2.20. The van der Waals surface area contributed by atoms with E-state index in [9.17, 15) is 4.79 Å². The number of carbonyl (C=O) groups excluding carboxylic acids is 1. The van der Waals surface area contributed by atoms with Crippen molar-refractivity contribution in [2.45, 2.75) is 18.9 Å². The van der Waals surface area contributed by atoms with E-state index in [0.717, 1.165) is 19.4 Å². The van der Waals surface area contributed by atoms with Crippen LogP contribution >= 0.6 is 0 Å². The van der Waals surface area contributed by atoms with Crippen molar-refractivity contribution in [1.29, 1.82) is 0 Å². The average molecular weight is 144 g/mol. The van der Waals surface area contributed by atoms with Crippen LogP contribution in [-0.2, 0) is 9.53 Å². The van der Waals surface area contributed by atoms with Gasteiger partial charge >= 0.3 is 5.97 Å². The minimum Gasteiger partial charge on any atom is -0.468 e. The third-order valence-corrected chi connectivity index (χ3v) is 1.56. The second-order valence-corrected chi connectivity index (χ2v) is 2.29. The molecular weight excluding hydrogens is 132 g/mol. The Labute approximate surface area is 59.9 Å². The molecule has 1 rings (SSSR count). The molecule has 1 saturated heterocycles. The summed E-state index contributed by atoms with van der Waals surface area (Å²) in [6.45, 7) is 0.924. The first kappa shape index (κ1) is 7.50. The summed E-state index contributed by atoms with van der Waals surface area (Å²) in [5.74, 6) is -0.188. The summed E-state index contributed by atoms with van der Waals surface area (Å²) in [5, 5.41) is 0. The highest BCUT2D eigenvalue weighted by molar-refractivity contribution is 5.75. The van der Waals surface area contributed by atoms with Gasteiger partial charge in [0.05, 0.1) is 7.11 Å². The zero-order valence-electron chi connectivity index (χ0n) is 6.02. The fraction of sp³-hybridized carbons (Fsp3) is 0.833. The Balaban J connectivity index is 2.31. The van der Waals surface area contributed by atoms with Crippen molar-refractivity contribution in [1.82, 2.24) is 10.9 Å². The minimum absolute atomic E-state index is 0.154. The van der Waals surface area contributed by atoms with Crippen molar-refractivity contribution in [2.75, 3.05) is 13.7 Å². The Bertz CT molecular complexity index is 121. The number of carbonyl (C=O) groups is 1. The number of hydrogen-bond donors (Lipinski definition) is 2. The molecule has 0 aromatic carbocycles. The van der Waals surface area contributed by atoms with Crippen molar-refractivity contribution in [3.8, 4) is 0 Å². The number of ether oxygens (including phenoxy) is 1. The molecular formula is C6H12N2O2. The minimum atomic E-state index is -0.188. The molecule has 0 amide bonds. The first-order valence-corrected chi connectivity index (χ1v) is 3.41. The molecule has 0 bridgehead atoms. The molecule has 0 aliphatic carbocycles. The van der Waals surface area contributed by atoms with Gasteiger partial charge in [-0.3, -0.25) is 10.2 Å². The van der Waals surface area contributed by atoms with Gasteiger partial charge in [-0.15, -0.1) is 0 Å². The second-order valence-electron chi connectivity index (χ2n) is 2.29. The van der Waals surface area contributed by atoms with E-state index in [0.29, 0.717) is 0 Å². The Morgan fingerprint density at radius 2 is 2.50 bits per heavy atom. The maximum Gasteiger partial charge on any atom is 0.324 e. The molecule has 1 aliphatic rings. The van der Waals surface area contributed by atoms with Crippen LogP contribution in [0.2, 0.25) is 0 Å². The van der Waals surface area contributed by atoms with Gasteiger partial charge in [0, 0.05) is 6.54 Å². The van der Waals surface area contributed by atoms with E-state index in [4.69, 9.17) is 0 Å². The summed E-state index contributed by atoms with van der Waals surface area (Å²) in [6, 6.07) is -0.154. The van der Waals surface area contributed by atoms with Crippen LogP contribution in [0.25, 0.3) is 0 Å². The van der Waals surface area contributed by atoms with Gasteiger partial charge in [0.1, 0.15) is 6.04 Å². The van der Waals surface area contributed by atoms with Gasteiger partial charge < -0.3 is 4.74 Å². The normalized spacial score (nSPS) is 25.9. The molecule has 1 atom stereocenters. The molecule has 0 aromatic rings. The summed E-state index contributed by atoms with van der Waals surface area (Å²) in [5.41, 5.74) is 5.74. The molecule has 4 heteroatoms. The number of methoxy groups -OCH3 is 1. The average Bonchev–Trinajstić information content (AvgIpc) is 2.05. The van der Waals surface area contributed by atoms with E-state index in [1.54, 1.807) is 0 Å². The lowest BCUT2D eigenvalue weighted by Gasteiger charge is -2.21. The third-order valence-electron chi connectivity index (χ3n) is 1.56. The predicted molar refractivity (Wildman–Crippen MR) is 36.2 cm³/mol. The lowest BCUT2D eigenvalue weighted by Crippen LogP contribution is -2.50. The van der Waals surface area contributed by atoms with Crippen LogP contribution in [0.3, 0.4) is 0 Å². The summed E-state index contributed by atoms with van der Waals surface area (Å²) < 4.78 is 4.55. The van der Waals surface area contributed by atoms with Gasteiger partial charge in [-0.05, 0) is 12.8 Å². The molecule has 1 unspecified atom stereocenters. The van der Waals surface area contributed by atoms with Crippen molar-refractivity contribution >= 4 is 5.97 Å². The Kier molecular flexibility index (Phi) is 2.65. The van der Waals surface area contributed by atoms with Crippen molar-refractivity contribution in [2.24, 2.45) is 0 Å². The molecule has 2 N–H and O–H groups in total. The second kappa shape index (κ2) is 3.53. The zero-order chi connectivity index (χ0) is 7.40. The SMILES string of the molecule is COC(=O)C1CCCNN1. The first-order chi connectivity index (χ1) is 4.84. The molecule has 0 saturated carbocycles. The Morgan fingerprint density at radius 1 is 1.70 bits per heavy atom. The molecule has 1 aliphatic heterocycles. The summed E-state index contributed by atoms with van der Waals surface area (Å²) >= 11 is 0. The van der Waals surface area contributed by atoms with Crippen molar-refractivity contribution in [3.05, 3.63) is 0 Å². The molecule has 0 spiro atoms. The van der Waals surface area contributed by atoms with E-state index in [2.05, 4.69) is 15.6 Å². The molecule has 0 radical (unpaired) electrons. The van der Waals surface area contributed by atoms with Crippen LogP contribution in [0.5, 0.6) is 0 Å². The van der Waals surface area contributed by atoms with Crippen LogP contribution < -0.4 is 10.9 Å². The Hall–Kier alpha value is -0.610. The standard InChI is InChI=1S/C6H12N2O2/c1-10-6(9)5-3-2-4-7-8-5/h5,7-8H,2-4H2,1H3. The lowest BCUT2D eigenvalue weighted by molar-refractivity contribution is -0.144. The molecule has 58 valence electrons. The molecule has 1 fully saturated rings. The van der Waals surface area contributed by atoms with E-state index in [1.165, 1.54) is 7.11 Å². The topological polar surface area (TPSA) is 50.4 Å². The quantitative estimate of drug-likeness (QED) is 0.483. The van der Waals surface area contributed by atoms with E-state index in [-0.39, 0.29) is 12.0 Å². The van der Waals surface area contributed by atoms with Gasteiger partial charge in [0.15, 0.2) is 0 Å². The number of hydrogen-bond acceptors (Lipinski definition) is 4. The van der Waals surface area contributed by atoms with Gasteiger partial charge in [-0.2, -0.15) is 0 Å². The Morgan fingerprint density at radius 3 is 3.00 bits per heavy atom. The smallest absolute Gasteiger partial charge is 0.324 e. The van der Waals surface area contributed by atoms with Crippen molar-refractivity contribution < 1.29 is 9.53 Å². The third kappa shape index (κ3) is 1.68. The fourth-order valence-corrected chi connectivity index (χ4v) is 0.981. The number of nitrogens with one attached hydrogen (secondary N) is 2. The summed E-state index contributed by atoms with van der Waals surface area (Å²) in [7, 11) is 1.40. The zero-order valence-corrected chi connectivity index (χ0v) is 6.02. The molecule has 1 heterocycles. The number of rotatable bonds is 1. The molecule has 0 aromatic heterocycles. The molecule has 4 nitrogen and oxygen atoms in total. The van der Waals surface area contributed by atoms with Gasteiger partial charge in [0.2, 0.25) is 0 Å². The summed E-state index contributed by atoms with van der Waals surface area (Å²) in [6.07, 6.45) is 1.88. The largest absolute Gasteiger partial charge is 0.468 e. The van der Waals surface area contributed by atoms with Crippen LogP contribution in [0.15, 0.2) is 0 Å². The highest BCUT2D eigenvalue weighted by Crippen LogP contribution is 2.00. The van der Waals surface area contributed by atoms with Gasteiger partial charge in [0.25, 0.3) is 0 Å². The van der Waals surface area contributed by atoms with Crippen LogP contribution in [0.4, 0.5) is 0 Å². The van der Waals surface area contributed by atoms with E-state index < -0.39 is 0 Å². The van der Waals surface area contributed by atoms with E-state index >= 15 is 0 Å². The van der Waals surface area contributed by atoms with Gasteiger partial charge in [-0.25, -0.2) is 5.43 Å². The maximum absolute atomic E-state index is 10.8.